The summed E-state index contributed by atoms with van der Waals surface area (Å²) in [4.78, 5) is 14.9. The summed E-state index contributed by atoms with van der Waals surface area (Å²) >= 11 is 0. The first-order chi connectivity index (χ1) is 16.9. The topological polar surface area (TPSA) is 32.3 Å². The van der Waals surface area contributed by atoms with Crippen molar-refractivity contribution in [1.82, 2.24) is 10.2 Å². The first kappa shape index (κ1) is 25.0. The molecule has 3 nitrogen and oxygen atoms in total. The van der Waals surface area contributed by atoms with Crippen molar-refractivity contribution in [1.29, 1.82) is 0 Å². The highest BCUT2D eigenvalue weighted by Gasteiger charge is 2.30. The maximum Gasteiger partial charge on any atom is 0.416 e. The molecule has 1 heterocycles. The average molecular weight is 481 g/mol. The molecule has 0 bridgehead atoms. The van der Waals surface area contributed by atoms with E-state index < -0.39 is 11.7 Å². The van der Waals surface area contributed by atoms with Gasteiger partial charge in [0.25, 0.3) is 0 Å². The summed E-state index contributed by atoms with van der Waals surface area (Å²) in [5.74, 6) is 0.110. The third-order valence-electron chi connectivity index (χ3n) is 6.71. The van der Waals surface area contributed by atoms with Gasteiger partial charge in [0.15, 0.2) is 0 Å². The van der Waals surface area contributed by atoms with Crippen molar-refractivity contribution in [2.45, 2.75) is 43.8 Å². The maximum atomic E-state index is 12.9. The fourth-order valence-electron chi connectivity index (χ4n) is 4.83. The van der Waals surface area contributed by atoms with Gasteiger partial charge in [0.2, 0.25) is 5.91 Å². The number of benzene rings is 3. The molecule has 1 N–H and O–H groups in total. The molecule has 35 heavy (non-hydrogen) atoms. The molecule has 1 saturated heterocycles. The van der Waals surface area contributed by atoms with Crippen LogP contribution in [0, 0.1) is 0 Å². The van der Waals surface area contributed by atoms with Gasteiger partial charge in [-0.25, -0.2) is 0 Å². The quantitative estimate of drug-likeness (QED) is 0.426. The highest BCUT2D eigenvalue weighted by molar-refractivity contribution is 5.78. The number of nitrogens with zero attached hydrogens (tertiary/aromatic N) is 1. The van der Waals surface area contributed by atoms with Gasteiger partial charge in [-0.15, -0.1) is 0 Å². The molecule has 1 amide bonds. The summed E-state index contributed by atoms with van der Waals surface area (Å²) in [6.07, 6.45) is -1.74. The molecular formula is C29H31F3N2O. The molecule has 6 heteroatoms. The van der Waals surface area contributed by atoms with Crippen molar-refractivity contribution in [2.24, 2.45) is 0 Å². The number of carbonyl (C=O) groups excluding carboxylic acids is 1. The summed E-state index contributed by atoms with van der Waals surface area (Å²) in [5, 5.41) is 3.02. The van der Waals surface area contributed by atoms with Crippen molar-refractivity contribution < 1.29 is 18.0 Å². The molecule has 0 spiro atoms. The zero-order valence-electron chi connectivity index (χ0n) is 19.7. The standard InChI is InChI=1S/C29H31F3N2O/c30-29(31,32)25-13-7-8-22(20-25)21-28(35)33-26-14-17-34(18-15-26)19-16-27(23-9-3-1-4-10-23)24-11-5-2-6-12-24/h1-13,20,26-27H,14-19,21H2,(H,33,35). The minimum atomic E-state index is -4.40. The molecule has 1 aliphatic heterocycles. The van der Waals surface area contributed by atoms with Crippen molar-refractivity contribution >= 4 is 5.91 Å². The molecule has 0 atom stereocenters. The minimum absolute atomic E-state index is 0.0417. The fraction of sp³-hybridized carbons (Fsp3) is 0.345. The molecule has 0 unspecified atom stereocenters. The number of rotatable bonds is 8. The summed E-state index contributed by atoms with van der Waals surface area (Å²) in [7, 11) is 0. The Morgan fingerprint density at radius 2 is 1.49 bits per heavy atom. The van der Waals surface area contributed by atoms with E-state index in [2.05, 4.69) is 58.7 Å². The van der Waals surface area contributed by atoms with E-state index in [0.717, 1.165) is 51.0 Å². The van der Waals surface area contributed by atoms with Crippen LogP contribution in [0.1, 0.15) is 47.4 Å². The van der Waals surface area contributed by atoms with Gasteiger partial charge in [0.1, 0.15) is 0 Å². The van der Waals surface area contributed by atoms with Gasteiger partial charge in [0.05, 0.1) is 12.0 Å². The second-order valence-electron chi connectivity index (χ2n) is 9.22. The lowest BCUT2D eigenvalue weighted by atomic mass is 9.88. The zero-order chi connectivity index (χ0) is 24.7. The Labute approximate surface area is 205 Å². The second-order valence-corrected chi connectivity index (χ2v) is 9.22. The highest BCUT2D eigenvalue weighted by atomic mass is 19.4. The van der Waals surface area contributed by atoms with E-state index in [9.17, 15) is 18.0 Å². The number of hydrogen-bond donors (Lipinski definition) is 1. The Kier molecular flexibility index (Phi) is 8.24. The predicted molar refractivity (Wildman–Crippen MR) is 132 cm³/mol. The molecule has 184 valence electrons. The number of nitrogens with one attached hydrogen (secondary N) is 1. The number of hydrogen-bond acceptors (Lipinski definition) is 2. The lowest BCUT2D eigenvalue weighted by Crippen LogP contribution is -2.45. The smallest absolute Gasteiger partial charge is 0.353 e. The molecule has 0 saturated carbocycles. The number of piperidine rings is 1. The Bertz CT molecular complexity index is 1040. The summed E-state index contributed by atoms with van der Waals surface area (Å²) < 4.78 is 38.7. The third-order valence-corrected chi connectivity index (χ3v) is 6.71. The van der Waals surface area contributed by atoms with Crippen LogP contribution in [0.15, 0.2) is 84.9 Å². The lowest BCUT2D eigenvalue weighted by Gasteiger charge is -2.33. The van der Waals surface area contributed by atoms with Gasteiger partial charge in [-0.3, -0.25) is 4.79 Å². The van der Waals surface area contributed by atoms with E-state index >= 15 is 0 Å². The monoisotopic (exact) mass is 480 g/mol. The number of likely N-dealkylation sites (tertiary alicyclic amines) is 1. The highest BCUT2D eigenvalue weighted by Crippen LogP contribution is 2.30. The van der Waals surface area contributed by atoms with Gasteiger partial charge >= 0.3 is 6.18 Å². The first-order valence-corrected chi connectivity index (χ1v) is 12.2. The minimum Gasteiger partial charge on any atom is -0.353 e. The molecule has 4 rings (SSSR count). The SMILES string of the molecule is O=C(Cc1cccc(C(F)(F)F)c1)NC1CCN(CCC(c2ccccc2)c2ccccc2)CC1. The second kappa shape index (κ2) is 11.5. The van der Waals surface area contributed by atoms with Crippen LogP contribution < -0.4 is 5.32 Å². The van der Waals surface area contributed by atoms with E-state index in [1.807, 2.05) is 12.1 Å². The summed E-state index contributed by atoms with van der Waals surface area (Å²) in [6, 6.07) is 26.2. The van der Waals surface area contributed by atoms with Crippen molar-refractivity contribution in [3.05, 3.63) is 107 Å². The van der Waals surface area contributed by atoms with Gasteiger partial charge in [-0.2, -0.15) is 13.2 Å². The molecular weight excluding hydrogens is 449 g/mol. The van der Waals surface area contributed by atoms with E-state index in [4.69, 9.17) is 0 Å². The van der Waals surface area contributed by atoms with Crippen molar-refractivity contribution in [3.63, 3.8) is 0 Å². The summed E-state index contributed by atoms with van der Waals surface area (Å²) in [5.41, 5.74) is 2.29. The average Bonchev–Trinajstić information content (AvgIpc) is 2.86. The number of carbonyl (C=O) groups is 1. The lowest BCUT2D eigenvalue weighted by molar-refractivity contribution is -0.137. The molecule has 3 aromatic rings. The van der Waals surface area contributed by atoms with Crippen molar-refractivity contribution in [2.75, 3.05) is 19.6 Å². The fourth-order valence-corrected chi connectivity index (χ4v) is 4.83. The summed E-state index contributed by atoms with van der Waals surface area (Å²) in [6.45, 7) is 2.76. The van der Waals surface area contributed by atoms with Crippen LogP contribution in [0.4, 0.5) is 13.2 Å². The Balaban J connectivity index is 1.26. The normalized spacial score (nSPS) is 15.3. The molecule has 0 radical (unpaired) electrons. The van der Waals surface area contributed by atoms with Gasteiger partial charge in [-0.05, 0) is 48.6 Å². The van der Waals surface area contributed by atoms with Gasteiger partial charge in [0, 0.05) is 25.0 Å². The number of alkyl halides is 3. The van der Waals surface area contributed by atoms with Crippen LogP contribution in [0.5, 0.6) is 0 Å². The largest absolute Gasteiger partial charge is 0.416 e. The molecule has 1 fully saturated rings. The Morgan fingerprint density at radius 1 is 0.886 bits per heavy atom. The van der Waals surface area contributed by atoms with Gasteiger partial charge < -0.3 is 10.2 Å². The molecule has 3 aromatic carbocycles. The van der Waals surface area contributed by atoms with Crippen LogP contribution in [-0.4, -0.2) is 36.5 Å². The van der Waals surface area contributed by atoms with E-state index in [0.29, 0.717) is 11.5 Å². The molecule has 1 aliphatic rings. The Hall–Kier alpha value is -3.12. The van der Waals surface area contributed by atoms with E-state index in [1.54, 1.807) is 6.07 Å². The molecule has 0 aromatic heterocycles. The predicted octanol–water partition coefficient (Wildman–Crippen LogP) is 6.05. The van der Waals surface area contributed by atoms with Crippen molar-refractivity contribution in [3.8, 4) is 0 Å². The number of amides is 1. The van der Waals surface area contributed by atoms with Crippen LogP contribution in [0.25, 0.3) is 0 Å². The zero-order valence-corrected chi connectivity index (χ0v) is 19.7. The van der Waals surface area contributed by atoms with E-state index in [1.165, 1.54) is 17.2 Å². The van der Waals surface area contributed by atoms with Crippen LogP contribution in [0.2, 0.25) is 0 Å². The van der Waals surface area contributed by atoms with Crippen LogP contribution in [-0.2, 0) is 17.4 Å². The first-order valence-electron chi connectivity index (χ1n) is 12.2. The number of halogens is 3. The third kappa shape index (κ3) is 7.18. The van der Waals surface area contributed by atoms with E-state index in [-0.39, 0.29) is 18.4 Å². The Morgan fingerprint density at radius 3 is 2.06 bits per heavy atom. The van der Waals surface area contributed by atoms with Crippen LogP contribution >= 0.6 is 0 Å². The molecule has 0 aliphatic carbocycles. The maximum absolute atomic E-state index is 12.9. The van der Waals surface area contributed by atoms with Crippen LogP contribution in [0.3, 0.4) is 0 Å². The van der Waals surface area contributed by atoms with Gasteiger partial charge in [-0.1, -0.05) is 78.9 Å².